The van der Waals surface area contributed by atoms with E-state index in [-0.39, 0.29) is 0 Å². The smallest absolute Gasteiger partial charge is 0.0228 e. The molecule has 5 unspecified atom stereocenters. The summed E-state index contributed by atoms with van der Waals surface area (Å²) in [5, 5.41) is 0. The zero-order chi connectivity index (χ0) is 9.94. The summed E-state index contributed by atoms with van der Waals surface area (Å²) in [5.74, 6) is 0.777. The van der Waals surface area contributed by atoms with Crippen LogP contribution in [0.15, 0.2) is 0 Å². The van der Waals surface area contributed by atoms with Crippen LogP contribution in [0.3, 0.4) is 0 Å². The van der Waals surface area contributed by atoms with Gasteiger partial charge in [-0.3, -0.25) is 0 Å². The first-order valence-corrected chi connectivity index (χ1v) is 6.08. The highest BCUT2D eigenvalue weighted by Gasteiger charge is 2.21. The maximum absolute atomic E-state index is 2.99. The lowest BCUT2D eigenvalue weighted by Crippen LogP contribution is -2.23. The topological polar surface area (TPSA) is 0 Å². The Morgan fingerprint density at radius 1 is 1.08 bits per heavy atom. The predicted octanol–water partition coefficient (Wildman–Crippen LogP) is 3.57. The highest BCUT2D eigenvalue weighted by Crippen LogP contribution is 2.32. The molecule has 0 nitrogen and oxygen atoms in total. The van der Waals surface area contributed by atoms with Crippen molar-refractivity contribution in [2.45, 2.75) is 52.4 Å². The van der Waals surface area contributed by atoms with E-state index in [1.54, 1.807) is 0 Å². The predicted molar refractivity (Wildman–Crippen MR) is 65.9 cm³/mol. The summed E-state index contributed by atoms with van der Waals surface area (Å²) in [5.41, 5.74) is 1.92. The summed E-state index contributed by atoms with van der Waals surface area (Å²) in [6.07, 6.45) is 1.29. The fourth-order valence-electron chi connectivity index (χ4n) is 1.28. The van der Waals surface area contributed by atoms with Gasteiger partial charge in [0.25, 0.3) is 0 Å². The molecule has 0 amide bonds. The first kappa shape index (κ1) is 12.9. The summed E-state index contributed by atoms with van der Waals surface area (Å²) >= 11 is 0. The average molecular weight is 206 g/mol. The summed E-state index contributed by atoms with van der Waals surface area (Å²) < 4.78 is 0. The van der Waals surface area contributed by atoms with Crippen LogP contribution in [-0.4, -0.2) is 11.3 Å². The minimum Gasteiger partial charge on any atom is -0.134 e. The third kappa shape index (κ3) is 5.50. The Labute approximate surface area is 82.7 Å². The zero-order valence-electron chi connectivity index (χ0n) is 9.09. The van der Waals surface area contributed by atoms with Crippen molar-refractivity contribution in [2.75, 3.05) is 0 Å². The maximum Gasteiger partial charge on any atom is -0.0228 e. The molecule has 5 atom stereocenters. The minimum atomic E-state index is 0.459. The molecule has 0 aromatic rings. The molecule has 12 heavy (non-hydrogen) atoms. The first-order valence-electron chi connectivity index (χ1n) is 4.75. The minimum absolute atomic E-state index is 0.459. The lowest BCUT2D eigenvalue weighted by Gasteiger charge is -2.29. The summed E-state index contributed by atoms with van der Waals surface area (Å²) in [7, 11) is 5.89. The molecule has 0 saturated carbocycles. The second kappa shape index (κ2) is 4.92. The van der Waals surface area contributed by atoms with Crippen molar-refractivity contribution in [1.29, 1.82) is 0 Å². The summed E-state index contributed by atoms with van der Waals surface area (Å²) in [6, 6.07) is 0. The van der Waals surface area contributed by atoms with E-state index in [2.05, 4.69) is 53.1 Å². The molecule has 0 aliphatic rings. The van der Waals surface area contributed by atoms with Crippen molar-refractivity contribution in [3.63, 3.8) is 0 Å². The maximum atomic E-state index is 2.99. The number of hydrogen-bond donors (Lipinski definition) is 0. The van der Waals surface area contributed by atoms with Gasteiger partial charge in [0.1, 0.15) is 0 Å². The van der Waals surface area contributed by atoms with Crippen LogP contribution in [0.5, 0.6) is 0 Å². The molecule has 0 radical (unpaired) electrons. The highest BCUT2D eigenvalue weighted by atomic mass is 31.0. The number of rotatable bonds is 3. The van der Waals surface area contributed by atoms with Crippen LogP contribution in [0.2, 0.25) is 0 Å². The van der Waals surface area contributed by atoms with Crippen molar-refractivity contribution < 1.29 is 0 Å². The highest BCUT2D eigenvalue weighted by molar-refractivity contribution is 7.19. The van der Waals surface area contributed by atoms with Crippen molar-refractivity contribution in [1.82, 2.24) is 0 Å². The van der Waals surface area contributed by atoms with Crippen LogP contribution in [0.1, 0.15) is 41.0 Å². The van der Waals surface area contributed by atoms with E-state index >= 15 is 0 Å². The fourth-order valence-corrected chi connectivity index (χ4v) is 2.88. The average Bonchev–Trinajstić information content (AvgIpc) is 1.82. The Hall–Kier alpha value is 0.860. The lowest BCUT2D eigenvalue weighted by atomic mass is 9.86. The van der Waals surface area contributed by atoms with Crippen LogP contribution in [0, 0.1) is 11.3 Å². The third-order valence-corrected chi connectivity index (χ3v) is 3.80. The van der Waals surface area contributed by atoms with Gasteiger partial charge in [-0.1, -0.05) is 34.6 Å². The molecule has 0 aromatic carbocycles. The van der Waals surface area contributed by atoms with Gasteiger partial charge in [0.2, 0.25) is 0 Å². The van der Waals surface area contributed by atoms with Gasteiger partial charge in [-0.2, -0.15) is 0 Å². The molecule has 0 saturated heterocycles. The van der Waals surface area contributed by atoms with Crippen molar-refractivity contribution in [2.24, 2.45) is 11.3 Å². The Morgan fingerprint density at radius 3 is 1.75 bits per heavy atom. The SMILES string of the molecule is CC(P)C(C)C(P)CC(C)(C)C. The molecule has 0 N–H and O–H groups in total. The van der Waals surface area contributed by atoms with Gasteiger partial charge in [0, 0.05) is 0 Å². The molecule has 0 bridgehead atoms. The van der Waals surface area contributed by atoms with E-state index in [4.69, 9.17) is 0 Å². The van der Waals surface area contributed by atoms with Gasteiger partial charge in [0.05, 0.1) is 0 Å². The molecule has 0 aliphatic heterocycles. The zero-order valence-corrected chi connectivity index (χ0v) is 11.4. The van der Waals surface area contributed by atoms with Crippen LogP contribution in [0.25, 0.3) is 0 Å². The molecule has 0 aromatic heterocycles. The van der Waals surface area contributed by atoms with E-state index < -0.39 is 0 Å². The van der Waals surface area contributed by atoms with Gasteiger partial charge in [0.15, 0.2) is 0 Å². The molecular weight excluding hydrogens is 182 g/mol. The standard InChI is InChI=1S/C10H24P2/c1-7(8(2)11)9(12)6-10(3,4)5/h7-9H,6,11-12H2,1-5H3. The van der Waals surface area contributed by atoms with E-state index in [1.165, 1.54) is 6.42 Å². The van der Waals surface area contributed by atoms with Crippen LogP contribution in [0.4, 0.5) is 0 Å². The molecular formula is C10H24P2. The second-order valence-electron chi connectivity index (χ2n) is 5.15. The van der Waals surface area contributed by atoms with E-state index in [0.717, 1.165) is 17.2 Å². The van der Waals surface area contributed by atoms with Crippen molar-refractivity contribution in [3.05, 3.63) is 0 Å². The third-order valence-electron chi connectivity index (χ3n) is 2.35. The Kier molecular flexibility index (Phi) is 5.27. The van der Waals surface area contributed by atoms with Crippen LogP contribution >= 0.6 is 18.5 Å². The van der Waals surface area contributed by atoms with E-state index in [0.29, 0.717) is 5.41 Å². The quantitative estimate of drug-likeness (QED) is 0.619. The molecule has 74 valence electrons. The normalized spacial score (nSPS) is 20.2. The Bertz CT molecular complexity index is 124. The molecule has 0 fully saturated rings. The van der Waals surface area contributed by atoms with Crippen molar-refractivity contribution >= 4 is 18.5 Å². The molecule has 0 spiro atoms. The Morgan fingerprint density at radius 2 is 1.50 bits per heavy atom. The van der Waals surface area contributed by atoms with Crippen LogP contribution < -0.4 is 0 Å². The molecule has 0 rings (SSSR count). The van der Waals surface area contributed by atoms with Crippen molar-refractivity contribution in [3.8, 4) is 0 Å². The van der Waals surface area contributed by atoms with E-state index in [9.17, 15) is 0 Å². The molecule has 0 aliphatic carbocycles. The lowest BCUT2D eigenvalue weighted by molar-refractivity contribution is 0.338. The Balaban J connectivity index is 3.95. The van der Waals surface area contributed by atoms with Crippen LogP contribution in [-0.2, 0) is 0 Å². The number of hydrogen-bond acceptors (Lipinski definition) is 0. The van der Waals surface area contributed by atoms with Gasteiger partial charge in [-0.05, 0) is 29.1 Å². The first-order chi connectivity index (χ1) is 5.24. The monoisotopic (exact) mass is 206 g/mol. The molecule has 0 heterocycles. The summed E-state index contributed by atoms with van der Waals surface area (Å²) in [4.78, 5) is 0. The van der Waals surface area contributed by atoms with Gasteiger partial charge in [-0.25, -0.2) is 0 Å². The van der Waals surface area contributed by atoms with Gasteiger partial charge in [-0.15, -0.1) is 18.5 Å². The fraction of sp³-hybridized carbons (Fsp3) is 1.00. The van der Waals surface area contributed by atoms with Gasteiger partial charge < -0.3 is 0 Å². The second-order valence-corrected chi connectivity index (χ2v) is 7.05. The van der Waals surface area contributed by atoms with Gasteiger partial charge >= 0.3 is 0 Å². The molecule has 2 heteroatoms. The van der Waals surface area contributed by atoms with E-state index in [1.807, 2.05) is 0 Å². The largest absolute Gasteiger partial charge is 0.134 e. The summed E-state index contributed by atoms with van der Waals surface area (Å²) in [6.45, 7) is 11.5.